The molecule has 74 valence electrons. The highest BCUT2D eigenvalue weighted by Crippen LogP contribution is 2.15. The van der Waals surface area contributed by atoms with E-state index in [9.17, 15) is 0 Å². The normalized spacial score (nSPS) is 21.6. The Kier molecular flexibility index (Phi) is 3.64. The van der Waals surface area contributed by atoms with Crippen molar-refractivity contribution in [2.45, 2.75) is 6.82 Å². The largest absolute Gasteiger partial charge is 0.356 e. The van der Waals surface area contributed by atoms with Crippen LogP contribution < -0.4 is 0 Å². The van der Waals surface area contributed by atoms with Crippen LogP contribution in [0.15, 0.2) is 25.1 Å². The van der Waals surface area contributed by atoms with Gasteiger partial charge in [0.15, 0.2) is 0 Å². The molecule has 14 heavy (non-hydrogen) atoms. The molecule has 1 saturated heterocycles. The topological polar surface area (TPSA) is 9.72 Å². The third-order valence-corrected chi connectivity index (χ3v) is 3.27. The Morgan fingerprint density at radius 1 is 0.857 bits per heavy atom. The Morgan fingerprint density at radius 3 is 1.50 bits per heavy atom. The van der Waals surface area contributed by atoms with Crippen LogP contribution >= 0.6 is 0 Å². The highest BCUT2D eigenvalue weighted by atomic mass is 15.3. The highest BCUT2D eigenvalue weighted by molar-refractivity contribution is 6.88. The van der Waals surface area contributed by atoms with Crippen molar-refractivity contribution in [1.82, 2.24) is 14.2 Å². The maximum atomic E-state index is 3.88. The van der Waals surface area contributed by atoms with Gasteiger partial charge in [0.1, 0.15) is 0 Å². The van der Waals surface area contributed by atoms with Crippen LogP contribution in [-0.4, -0.2) is 56.3 Å². The highest BCUT2D eigenvalue weighted by Gasteiger charge is 2.43. The maximum absolute atomic E-state index is 3.88. The summed E-state index contributed by atoms with van der Waals surface area (Å²) in [5.74, 6) is 3.94. The second-order valence-electron chi connectivity index (χ2n) is 3.93. The fraction of sp³-hybridized carbons (Fsp3) is 0.500. The maximum Gasteiger partial charge on any atom is 0.317 e. The van der Waals surface area contributed by atoms with E-state index in [1.807, 2.05) is 12.0 Å². The lowest BCUT2D eigenvalue weighted by Gasteiger charge is -2.47. The average Bonchev–Trinajstić information content (AvgIpc) is 2.16. The zero-order chi connectivity index (χ0) is 10.9. The zero-order valence-electron chi connectivity index (χ0n) is 9.64. The van der Waals surface area contributed by atoms with E-state index >= 15 is 0 Å². The molecule has 0 atom stereocenters. The quantitative estimate of drug-likeness (QED) is 0.579. The van der Waals surface area contributed by atoms with E-state index in [0.29, 0.717) is 6.98 Å². The number of hydrogen-bond acceptors (Lipinski definition) is 3. The summed E-state index contributed by atoms with van der Waals surface area (Å²) in [6.07, 6.45) is 0. The van der Waals surface area contributed by atoms with E-state index in [2.05, 4.69) is 55.3 Å². The fourth-order valence-electron chi connectivity index (χ4n) is 2.13. The summed E-state index contributed by atoms with van der Waals surface area (Å²) in [5, 5.41) is 0. The molecular formula is C8H18B3N3. The predicted octanol–water partition coefficient (Wildman–Crippen LogP) is 0.340. The molecule has 3 nitrogen and oxygen atoms in total. The minimum absolute atomic E-state index is 0.282. The van der Waals surface area contributed by atoms with Gasteiger partial charge in [-0.25, -0.2) is 0 Å². The minimum atomic E-state index is 0.282. The van der Waals surface area contributed by atoms with E-state index < -0.39 is 0 Å². The molecule has 0 saturated carbocycles. The summed E-state index contributed by atoms with van der Waals surface area (Å²) in [6, 6.07) is 0. The third kappa shape index (κ3) is 1.70. The first-order valence-corrected chi connectivity index (χ1v) is 4.95. The summed E-state index contributed by atoms with van der Waals surface area (Å²) in [4.78, 5) is 0. The van der Waals surface area contributed by atoms with Gasteiger partial charge in [0.25, 0.3) is 6.98 Å². The van der Waals surface area contributed by atoms with Gasteiger partial charge in [-0.2, -0.15) is 0 Å². The standard InChI is InChI=1S/C8H18B3N3/c1-7-10-12(4)9(3)13(5)11(8-2)14(10)6/h7-8H,1-2H2,3-6H3. The van der Waals surface area contributed by atoms with Crippen LogP contribution in [0.3, 0.4) is 0 Å². The Morgan fingerprint density at radius 2 is 1.21 bits per heavy atom. The number of hydrogen-bond donors (Lipinski definition) is 0. The van der Waals surface area contributed by atoms with Crippen LogP contribution in [0.2, 0.25) is 6.82 Å². The molecular weight excluding hydrogens is 171 g/mol. The lowest BCUT2D eigenvalue weighted by atomic mass is 9.44. The molecule has 0 aromatic carbocycles. The van der Waals surface area contributed by atoms with Gasteiger partial charge in [0, 0.05) is 0 Å². The molecule has 0 N–H and O–H groups in total. The second-order valence-corrected chi connectivity index (χ2v) is 3.93. The van der Waals surface area contributed by atoms with Crippen LogP contribution in [0, 0.1) is 0 Å². The van der Waals surface area contributed by atoms with Crippen LogP contribution in [0.25, 0.3) is 0 Å². The molecule has 0 aromatic heterocycles. The van der Waals surface area contributed by atoms with Crippen molar-refractivity contribution in [3.63, 3.8) is 0 Å². The summed E-state index contributed by atoms with van der Waals surface area (Å²) < 4.78 is 6.82. The summed E-state index contributed by atoms with van der Waals surface area (Å²) in [7, 11) is 6.32. The lowest BCUT2D eigenvalue weighted by Crippen LogP contribution is -2.73. The molecule has 0 amide bonds. The van der Waals surface area contributed by atoms with Gasteiger partial charge in [-0.05, 0) is 21.1 Å². The molecule has 0 bridgehead atoms. The van der Waals surface area contributed by atoms with Crippen LogP contribution in [0.4, 0.5) is 0 Å². The third-order valence-electron chi connectivity index (χ3n) is 3.27. The average molecular weight is 189 g/mol. The van der Waals surface area contributed by atoms with Crippen LogP contribution in [0.5, 0.6) is 0 Å². The molecule has 0 radical (unpaired) electrons. The van der Waals surface area contributed by atoms with Crippen molar-refractivity contribution in [2.75, 3.05) is 21.1 Å². The van der Waals surface area contributed by atoms with Crippen LogP contribution in [-0.2, 0) is 0 Å². The first-order valence-electron chi connectivity index (χ1n) is 4.95. The molecule has 0 aliphatic carbocycles. The molecule has 1 fully saturated rings. The second kappa shape index (κ2) is 4.38. The fourth-order valence-corrected chi connectivity index (χ4v) is 2.13. The van der Waals surface area contributed by atoms with Crippen molar-refractivity contribution >= 4 is 20.9 Å². The van der Waals surface area contributed by atoms with Gasteiger partial charge in [0.05, 0.1) is 0 Å². The smallest absolute Gasteiger partial charge is 0.317 e. The monoisotopic (exact) mass is 189 g/mol. The van der Waals surface area contributed by atoms with E-state index in [1.54, 1.807) is 0 Å². The van der Waals surface area contributed by atoms with Gasteiger partial charge in [-0.1, -0.05) is 18.8 Å². The molecule has 0 unspecified atom stereocenters. The molecule has 1 heterocycles. The summed E-state index contributed by atoms with van der Waals surface area (Å²) in [5.41, 5.74) is 0. The van der Waals surface area contributed by atoms with E-state index in [1.165, 1.54) is 0 Å². The first kappa shape index (κ1) is 11.6. The van der Waals surface area contributed by atoms with Crippen molar-refractivity contribution in [1.29, 1.82) is 0 Å². The van der Waals surface area contributed by atoms with Gasteiger partial charge in [-0.3, -0.25) is 0 Å². The van der Waals surface area contributed by atoms with Crippen molar-refractivity contribution < 1.29 is 0 Å². The molecule has 1 aliphatic rings. The van der Waals surface area contributed by atoms with E-state index in [4.69, 9.17) is 0 Å². The van der Waals surface area contributed by atoms with E-state index in [0.717, 1.165) is 0 Å². The van der Waals surface area contributed by atoms with Crippen molar-refractivity contribution in [2.24, 2.45) is 0 Å². The Bertz CT molecular complexity index is 214. The van der Waals surface area contributed by atoms with Gasteiger partial charge in [0.2, 0.25) is 0 Å². The zero-order valence-corrected chi connectivity index (χ0v) is 9.64. The molecule has 6 heteroatoms. The Labute approximate surface area is 88.8 Å². The number of nitrogens with zero attached hydrogens (tertiary/aromatic N) is 3. The minimum Gasteiger partial charge on any atom is -0.356 e. The van der Waals surface area contributed by atoms with Crippen LogP contribution in [0.1, 0.15) is 0 Å². The molecule has 1 aliphatic heterocycles. The Hall–Kier alpha value is -0.445. The SMILES string of the molecule is C=CB1N(C)B(C)N(C)B(C=C)N1C. The lowest BCUT2D eigenvalue weighted by molar-refractivity contribution is 0.553. The molecule has 0 aromatic rings. The van der Waals surface area contributed by atoms with Crippen molar-refractivity contribution in [3.05, 3.63) is 25.1 Å². The van der Waals surface area contributed by atoms with Gasteiger partial charge < -0.3 is 14.2 Å². The first-order chi connectivity index (χ1) is 6.54. The van der Waals surface area contributed by atoms with Gasteiger partial charge >= 0.3 is 14.0 Å². The van der Waals surface area contributed by atoms with Gasteiger partial charge in [-0.15, -0.1) is 13.2 Å². The predicted molar refractivity (Wildman–Crippen MR) is 66.8 cm³/mol. The molecule has 0 spiro atoms. The van der Waals surface area contributed by atoms with Crippen molar-refractivity contribution in [3.8, 4) is 0 Å². The van der Waals surface area contributed by atoms with E-state index in [-0.39, 0.29) is 14.0 Å². The molecule has 1 rings (SSSR count). The summed E-state index contributed by atoms with van der Waals surface area (Å²) >= 11 is 0. The summed E-state index contributed by atoms with van der Waals surface area (Å²) in [6.45, 7) is 10.9. The Balaban J connectivity index is 2.93. The number of rotatable bonds is 2.